The predicted octanol–water partition coefficient (Wildman–Crippen LogP) is 4.94. The molecule has 0 saturated heterocycles. The molecule has 0 saturated carbocycles. The van der Waals surface area contributed by atoms with E-state index in [9.17, 15) is 9.59 Å². The molecule has 0 bridgehead atoms. The van der Waals surface area contributed by atoms with Crippen LogP contribution in [0.25, 0.3) is 11.0 Å². The van der Waals surface area contributed by atoms with Gasteiger partial charge >= 0.3 is 11.6 Å². The topological polar surface area (TPSA) is 65.7 Å². The average molecular weight is 445 g/mol. The number of hydrogen-bond acceptors (Lipinski definition) is 5. The maximum absolute atomic E-state index is 12.4. The summed E-state index contributed by atoms with van der Waals surface area (Å²) in [5, 5.41) is 0.828. The molecule has 6 heteroatoms. The van der Waals surface area contributed by atoms with E-state index in [-0.39, 0.29) is 12.4 Å². The van der Waals surface area contributed by atoms with E-state index in [0.717, 1.165) is 21.0 Å². The molecule has 0 radical (unpaired) electrons. The van der Waals surface area contributed by atoms with Crippen LogP contribution in [0.2, 0.25) is 0 Å². The van der Waals surface area contributed by atoms with Gasteiger partial charge in [-0.05, 0) is 55.7 Å². The zero-order valence-corrected chi connectivity index (χ0v) is 17.4. The van der Waals surface area contributed by atoms with Crippen molar-refractivity contribution >= 4 is 32.9 Å². The Labute approximate surface area is 171 Å². The van der Waals surface area contributed by atoms with E-state index in [1.807, 2.05) is 43.3 Å². The summed E-state index contributed by atoms with van der Waals surface area (Å²) in [5.41, 5.74) is 2.39. The van der Waals surface area contributed by atoms with Gasteiger partial charge < -0.3 is 13.9 Å². The summed E-state index contributed by atoms with van der Waals surface area (Å²) in [4.78, 5) is 24.0. The summed E-state index contributed by atoms with van der Waals surface area (Å²) in [7, 11) is 0. The molecular weight excluding hydrogens is 424 g/mol. The van der Waals surface area contributed by atoms with Crippen LogP contribution in [0, 0.1) is 6.92 Å². The molecule has 0 unspecified atom stereocenters. The third kappa shape index (κ3) is 4.81. The number of carbonyl (C=O) groups is 1. The highest BCUT2D eigenvalue weighted by Gasteiger charge is 2.14. The highest BCUT2D eigenvalue weighted by atomic mass is 79.9. The standard InChI is InChI=1S/C22H21BrO5/c1-3-26-21(24)11-10-19-14(2)18-9-8-17(12-20(18)28-22(19)25)27-13-15-4-6-16(23)7-5-15/h4-9,12H,3,10-11,13H2,1-2H3. The molecule has 0 fully saturated rings. The van der Waals surface area contributed by atoms with Crippen molar-refractivity contribution in [3.63, 3.8) is 0 Å². The minimum absolute atomic E-state index is 0.152. The van der Waals surface area contributed by atoms with Crippen LogP contribution in [-0.4, -0.2) is 12.6 Å². The molecular formula is C22H21BrO5. The molecule has 28 heavy (non-hydrogen) atoms. The fraction of sp³-hybridized carbons (Fsp3) is 0.273. The summed E-state index contributed by atoms with van der Waals surface area (Å²) in [6, 6.07) is 13.3. The minimum Gasteiger partial charge on any atom is -0.489 e. The first-order valence-electron chi connectivity index (χ1n) is 9.07. The van der Waals surface area contributed by atoms with Gasteiger partial charge in [-0.25, -0.2) is 4.79 Å². The van der Waals surface area contributed by atoms with Gasteiger partial charge in [-0.15, -0.1) is 0 Å². The number of carbonyl (C=O) groups excluding carboxylic acids is 1. The molecule has 3 aromatic rings. The molecule has 0 N–H and O–H groups in total. The smallest absolute Gasteiger partial charge is 0.339 e. The summed E-state index contributed by atoms with van der Waals surface area (Å²) >= 11 is 3.41. The first-order chi connectivity index (χ1) is 13.5. The Balaban J connectivity index is 1.78. The van der Waals surface area contributed by atoms with E-state index in [0.29, 0.717) is 36.5 Å². The van der Waals surface area contributed by atoms with Crippen molar-refractivity contribution in [1.29, 1.82) is 0 Å². The molecule has 1 heterocycles. The van der Waals surface area contributed by atoms with Crippen molar-refractivity contribution in [2.24, 2.45) is 0 Å². The predicted molar refractivity (Wildman–Crippen MR) is 111 cm³/mol. The van der Waals surface area contributed by atoms with E-state index in [1.54, 1.807) is 13.0 Å². The number of rotatable bonds is 7. The van der Waals surface area contributed by atoms with Gasteiger partial charge in [-0.2, -0.15) is 0 Å². The molecule has 0 aliphatic heterocycles. The lowest BCUT2D eigenvalue weighted by Gasteiger charge is -2.10. The second-order valence-electron chi connectivity index (χ2n) is 6.37. The lowest BCUT2D eigenvalue weighted by Crippen LogP contribution is -2.13. The number of benzene rings is 2. The van der Waals surface area contributed by atoms with Crippen LogP contribution in [0.3, 0.4) is 0 Å². The second kappa shape index (κ2) is 9.06. The van der Waals surface area contributed by atoms with Gasteiger partial charge in [0.1, 0.15) is 17.9 Å². The summed E-state index contributed by atoms with van der Waals surface area (Å²) in [6.07, 6.45) is 0.449. The fourth-order valence-corrected chi connectivity index (χ4v) is 3.23. The van der Waals surface area contributed by atoms with E-state index >= 15 is 0 Å². The maximum Gasteiger partial charge on any atom is 0.339 e. The largest absolute Gasteiger partial charge is 0.489 e. The van der Waals surface area contributed by atoms with E-state index in [1.165, 1.54) is 0 Å². The molecule has 0 amide bonds. The highest BCUT2D eigenvalue weighted by molar-refractivity contribution is 9.10. The zero-order chi connectivity index (χ0) is 20.1. The SMILES string of the molecule is CCOC(=O)CCc1c(C)c2ccc(OCc3ccc(Br)cc3)cc2oc1=O. The van der Waals surface area contributed by atoms with Crippen molar-refractivity contribution in [3.8, 4) is 5.75 Å². The molecule has 5 nitrogen and oxygen atoms in total. The molecule has 146 valence electrons. The van der Waals surface area contributed by atoms with Crippen LogP contribution in [0.4, 0.5) is 0 Å². The minimum atomic E-state index is -0.431. The van der Waals surface area contributed by atoms with Gasteiger partial charge in [0.2, 0.25) is 0 Å². The quantitative estimate of drug-likeness (QED) is 0.381. The van der Waals surface area contributed by atoms with Crippen molar-refractivity contribution in [3.05, 3.63) is 74.0 Å². The normalized spacial score (nSPS) is 10.8. The Morgan fingerprint density at radius 2 is 1.89 bits per heavy atom. The monoisotopic (exact) mass is 444 g/mol. The van der Waals surface area contributed by atoms with E-state index in [2.05, 4.69) is 15.9 Å². The van der Waals surface area contributed by atoms with Crippen molar-refractivity contribution in [2.75, 3.05) is 6.61 Å². The Morgan fingerprint density at radius 1 is 1.14 bits per heavy atom. The van der Waals surface area contributed by atoms with Crippen molar-refractivity contribution in [1.82, 2.24) is 0 Å². The van der Waals surface area contributed by atoms with Crippen molar-refractivity contribution < 1.29 is 18.7 Å². The maximum atomic E-state index is 12.4. The average Bonchev–Trinajstić information content (AvgIpc) is 2.67. The van der Waals surface area contributed by atoms with Crippen LogP contribution in [0.5, 0.6) is 5.75 Å². The molecule has 2 aromatic carbocycles. The number of ether oxygens (including phenoxy) is 2. The molecule has 0 aliphatic carbocycles. The third-order valence-electron chi connectivity index (χ3n) is 4.46. The van der Waals surface area contributed by atoms with Crippen LogP contribution < -0.4 is 10.4 Å². The summed E-state index contributed by atoms with van der Waals surface area (Å²) in [5.74, 6) is 0.301. The van der Waals surface area contributed by atoms with Gasteiger partial charge in [-0.1, -0.05) is 28.1 Å². The van der Waals surface area contributed by atoms with Gasteiger partial charge in [0.15, 0.2) is 0 Å². The number of halogens is 1. The van der Waals surface area contributed by atoms with Crippen LogP contribution in [-0.2, 0) is 22.6 Å². The van der Waals surface area contributed by atoms with E-state index in [4.69, 9.17) is 13.9 Å². The lowest BCUT2D eigenvalue weighted by atomic mass is 10.0. The first kappa shape index (κ1) is 20.1. The first-order valence-corrected chi connectivity index (χ1v) is 9.86. The van der Waals surface area contributed by atoms with Gasteiger partial charge in [0.25, 0.3) is 0 Å². The number of aryl methyl sites for hydroxylation is 1. The number of hydrogen-bond donors (Lipinski definition) is 0. The lowest BCUT2D eigenvalue weighted by molar-refractivity contribution is -0.143. The zero-order valence-electron chi connectivity index (χ0n) is 15.8. The summed E-state index contributed by atoms with van der Waals surface area (Å²) < 4.78 is 17.2. The Morgan fingerprint density at radius 3 is 2.61 bits per heavy atom. The van der Waals surface area contributed by atoms with Gasteiger partial charge in [0, 0.05) is 27.9 Å². The number of fused-ring (bicyclic) bond motifs is 1. The van der Waals surface area contributed by atoms with Gasteiger partial charge in [-0.3, -0.25) is 4.79 Å². The Kier molecular flexibility index (Phi) is 6.52. The van der Waals surface area contributed by atoms with Crippen molar-refractivity contribution in [2.45, 2.75) is 33.3 Å². The van der Waals surface area contributed by atoms with Crippen LogP contribution in [0.15, 0.2) is 56.1 Å². The molecule has 0 aliphatic rings. The highest BCUT2D eigenvalue weighted by Crippen LogP contribution is 2.25. The molecule has 0 spiro atoms. The fourth-order valence-electron chi connectivity index (χ4n) is 2.96. The van der Waals surface area contributed by atoms with Crippen LogP contribution >= 0.6 is 15.9 Å². The Hall–Kier alpha value is -2.60. The molecule has 0 atom stereocenters. The summed E-state index contributed by atoms with van der Waals surface area (Å²) in [6.45, 7) is 4.36. The van der Waals surface area contributed by atoms with E-state index < -0.39 is 5.63 Å². The second-order valence-corrected chi connectivity index (χ2v) is 7.29. The molecule has 1 aromatic heterocycles. The number of esters is 1. The third-order valence-corrected chi connectivity index (χ3v) is 4.99. The molecule has 3 rings (SSSR count). The van der Waals surface area contributed by atoms with Crippen LogP contribution in [0.1, 0.15) is 30.0 Å². The van der Waals surface area contributed by atoms with Gasteiger partial charge in [0.05, 0.1) is 6.61 Å². The Bertz CT molecular complexity index is 1040.